The van der Waals surface area contributed by atoms with E-state index < -0.39 is 24.2 Å². The number of unbranched alkanes of at least 4 members (excludes halogenated alkanes) is 2. The maximum Gasteiger partial charge on any atom is 0.398 e. The van der Waals surface area contributed by atoms with Gasteiger partial charge in [0, 0.05) is 0 Å². The Balaban J connectivity index is 1.50. The number of ether oxygens (including phenoxy) is 2. The summed E-state index contributed by atoms with van der Waals surface area (Å²) in [6, 6.07) is 9.36. The van der Waals surface area contributed by atoms with Gasteiger partial charge in [-0.2, -0.15) is 13.2 Å². The van der Waals surface area contributed by atoms with E-state index in [1.165, 1.54) is 57.8 Å². The molecule has 1 aliphatic rings. The second-order valence-corrected chi connectivity index (χ2v) is 9.08. The zero-order valence-electron chi connectivity index (χ0n) is 19.5. The van der Waals surface area contributed by atoms with Crippen LogP contribution in [0.5, 0.6) is 11.5 Å². The standard InChI is InChI=1S/C27H34F4O2/c1-3-4-5-6-19-7-9-20(10-8-19)21-11-14-23(15-12-21)33-27(30,31)18-17-22-13-16-24(32-2)26(29)25(22)28/h11-16,19-20H,3-10,17-18H2,1-2H3. The minimum atomic E-state index is -3.50. The Morgan fingerprint density at radius 1 is 0.909 bits per heavy atom. The molecule has 0 unspecified atom stereocenters. The predicted octanol–water partition coefficient (Wildman–Crippen LogP) is 8.43. The van der Waals surface area contributed by atoms with Gasteiger partial charge in [0.2, 0.25) is 5.82 Å². The zero-order valence-corrected chi connectivity index (χ0v) is 19.5. The molecule has 0 N–H and O–H groups in total. The first-order chi connectivity index (χ1) is 15.8. The zero-order chi connectivity index (χ0) is 23.8. The fraction of sp³-hybridized carbons (Fsp3) is 0.556. The van der Waals surface area contributed by atoms with Crippen LogP contribution in [-0.4, -0.2) is 13.2 Å². The smallest absolute Gasteiger partial charge is 0.398 e. The highest BCUT2D eigenvalue weighted by atomic mass is 19.3. The van der Waals surface area contributed by atoms with E-state index in [1.54, 1.807) is 12.1 Å². The Kier molecular flexibility index (Phi) is 9.04. The fourth-order valence-corrected chi connectivity index (χ4v) is 4.70. The van der Waals surface area contributed by atoms with E-state index >= 15 is 0 Å². The monoisotopic (exact) mass is 466 g/mol. The molecule has 3 rings (SSSR count). The van der Waals surface area contributed by atoms with Crippen LogP contribution in [0.3, 0.4) is 0 Å². The van der Waals surface area contributed by atoms with Crippen molar-refractivity contribution in [1.82, 2.24) is 0 Å². The van der Waals surface area contributed by atoms with Crippen LogP contribution < -0.4 is 9.47 Å². The van der Waals surface area contributed by atoms with Crippen molar-refractivity contribution in [3.63, 3.8) is 0 Å². The number of methoxy groups -OCH3 is 1. The summed E-state index contributed by atoms with van der Waals surface area (Å²) in [6.45, 7) is 2.22. The number of aryl methyl sites for hydroxylation is 1. The van der Waals surface area contributed by atoms with Crippen LogP contribution in [0.25, 0.3) is 0 Å². The van der Waals surface area contributed by atoms with Crippen LogP contribution in [-0.2, 0) is 6.42 Å². The van der Waals surface area contributed by atoms with Gasteiger partial charge >= 0.3 is 6.11 Å². The van der Waals surface area contributed by atoms with Gasteiger partial charge in [-0.3, -0.25) is 0 Å². The maximum absolute atomic E-state index is 14.3. The predicted molar refractivity (Wildman–Crippen MR) is 122 cm³/mol. The Hall–Kier alpha value is -2.24. The minimum Gasteiger partial charge on any atom is -0.494 e. The van der Waals surface area contributed by atoms with Gasteiger partial charge in [-0.1, -0.05) is 50.8 Å². The molecule has 0 amide bonds. The SMILES string of the molecule is CCCCCC1CCC(c2ccc(OC(F)(F)CCc3ccc(OC)c(F)c3F)cc2)CC1. The molecule has 2 nitrogen and oxygen atoms in total. The van der Waals surface area contributed by atoms with E-state index in [-0.39, 0.29) is 23.5 Å². The van der Waals surface area contributed by atoms with Crippen LogP contribution >= 0.6 is 0 Å². The molecule has 0 radical (unpaired) electrons. The number of halogens is 4. The highest BCUT2D eigenvalue weighted by Gasteiger charge is 2.32. The van der Waals surface area contributed by atoms with Crippen molar-refractivity contribution in [3.8, 4) is 11.5 Å². The van der Waals surface area contributed by atoms with E-state index in [1.807, 2.05) is 12.1 Å². The van der Waals surface area contributed by atoms with Gasteiger partial charge in [0.25, 0.3) is 0 Å². The van der Waals surface area contributed by atoms with E-state index in [0.29, 0.717) is 5.92 Å². The van der Waals surface area contributed by atoms with Crippen LogP contribution in [0.2, 0.25) is 0 Å². The lowest BCUT2D eigenvalue weighted by atomic mass is 9.77. The van der Waals surface area contributed by atoms with Crippen LogP contribution in [0.1, 0.15) is 81.8 Å². The summed E-state index contributed by atoms with van der Waals surface area (Å²) in [5, 5.41) is 0. The summed E-state index contributed by atoms with van der Waals surface area (Å²) in [4.78, 5) is 0. The van der Waals surface area contributed by atoms with Gasteiger partial charge < -0.3 is 9.47 Å². The Bertz CT molecular complexity index is 874. The molecule has 1 saturated carbocycles. The topological polar surface area (TPSA) is 18.5 Å². The van der Waals surface area contributed by atoms with Gasteiger partial charge in [-0.25, -0.2) is 4.39 Å². The summed E-state index contributed by atoms with van der Waals surface area (Å²) in [7, 11) is 1.21. The molecule has 1 fully saturated rings. The number of benzene rings is 2. The third-order valence-electron chi connectivity index (χ3n) is 6.71. The van der Waals surface area contributed by atoms with Gasteiger partial charge in [-0.05, 0) is 73.3 Å². The summed E-state index contributed by atoms with van der Waals surface area (Å²) < 4.78 is 66.1. The summed E-state index contributed by atoms with van der Waals surface area (Å²) in [5.74, 6) is -1.25. The fourth-order valence-electron chi connectivity index (χ4n) is 4.70. The molecule has 0 atom stereocenters. The van der Waals surface area contributed by atoms with E-state index in [2.05, 4.69) is 6.92 Å². The second kappa shape index (κ2) is 11.8. The van der Waals surface area contributed by atoms with Crippen LogP contribution in [0, 0.1) is 17.6 Å². The van der Waals surface area contributed by atoms with Crippen molar-refractivity contribution in [3.05, 3.63) is 59.2 Å². The van der Waals surface area contributed by atoms with E-state index in [0.717, 1.165) is 24.3 Å². The lowest BCUT2D eigenvalue weighted by Gasteiger charge is -2.29. The normalized spacial score (nSPS) is 18.8. The molecule has 6 heteroatoms. The van der Waals surface area contributed by atoms with Gasteiger partial charge in [0.15, 0.2) is 11.6 Å². The molecule has 0 aromatic heterocycles. The number of alkyl halides is 2. The molecule has 0 spiro atoms. The second-order valence-electron chi connectivity index (χ2n) is 9.08. The highest BCUT2D eigenvalue weighted by molar-refractivity contribution is 5.32. The summed E-state index contributed by atoms with van der Waals surface area (Å²) in [5.41, 5.74) is 1.02. The molecular weight excluding hydrogens is 432 g/mol. The molecule has 33 heavy (non-hydrogen) atoms. The first kappa shape index (κ1) is 25.4. The minimum absolute atomic E-state index is 0.0679. The van der Waals surface area contributed by atoms with E-state index in [9.17, 15) is 17.6 Å². The maximum atomic E-state index is 14.3. The van der Waals surface area contributed by atoms with Crippen LogP contribution in [0.4, 0.5) is 17.6 Å². The molecule has 2 aromatic carbocycles. The molecular formula is C27H34F4O2. The largest absolute Gasteiger partial charge is 0.494 e. The van der Waals surface area contributed by atoms with Crippen molar-refractivity contribution in [2.75, 3.05) is 7.11 Å². The van der Waals surface area contributed by atoms with Crippen molar-refractivity contribution < 1.29 is 27.0 Å². The lowest BCUT2D eigenvalue weighted by Crippen LogP contribution is -2.25. The molecule has 0 saturated heterocycles. The van der Waals surface area contributed by atoms with E-state index in [4.69, 9.17) is 9.47 Å². The van der Waals surface area contributed by atoms with Crippen molar-refractivity contribution in [2.45, 2.75) is 83.2 Å². The molecule has 182 valence electrons. The number of hydrogen-bond acceptors (Lipinski definition) is 2. The Labute approximate surface area is 194 Å². The molecule has 1 aliphatic carbocycles. The van der Waals surface area contributed by atoms with Crippen molar-refractivity contribution in [1.29, 1.82) is 0 Å². The highest BCUT2D eigenvalue weighted by Crippen LogP contribution is 2.38. The quantitative estimate of drug-likeness (QED) is 0.244. The first-order valence-corrected chi connectivity index (χ1v) is 12.0. The Morgan fingerprint density at radius 2 is 1.61 bits per heavy atom. The number of rotatable bonds is 11. The third-order valence-corrected chi connectivity index (χ3v) is 6.71. The summed E-state index contributed by atoms with van der Waals surface area (Å²) >= 11 is 0. The van der Waals surface area contributed by atoms with Crippen molar-refractivity contribution in [2.24, 2.45) is 5.92 Å². The summed E-state index contributed by atoms with van der Waals surface area (Å²) in [6.07, 6.45) is 5.29. The number of hydrogen-bond donors (Lipinski definition) is 0. The molecule has 2 aromatic rings. The van der Waals surface area contributed by atoms with Gasteiger partial charge in [0.05, 0.1) is 13.5 Å². The average molecular weight is 467 g/mol. The molecule has 0 bridgehead atoms. The molecule has 0 aliphatic heterocycles. The first-order valence-electron chi connectivity index (χ1n) is 12.0. The Morgan fingerprint density at radius 3 is 2.24 bits per heavy atom. The molecule has 0 heterocycles. The van der Waals surface area contributed by atoms with Crippen molar-refractivity contribution >= 4 is 0 Å². The lowest BCUT2D eigenvalue weighted by molar-refractivity contribution is -0.180. The van der Waals surface area contributed by atoms with Gasteiger partial charge in [0.1, 0.15) is 5.75 Å². The average Bonchev–Trinajstić information content (AvgIpc) is 2.81. The van der Waals surface area contributed by atoms with Crippen LogP contribution in [0.15, 0.2) is 36.4 Å². The third kappa shape index (κ3) is 7.12. The van der Waals surface area contributed by atoms with Gasteiger partial charge in [-0.15, -0.1) is 0 Å².